The number of thiazole rings is 1. The first-order valence-electron chi connectivity index (χ1n) is 6.77. The molecule has 1 amide bonds. The first kappa shape index (κ1) is 14.8. The Kier molecular flexibility index (Phi) is 4.27. The molecule has 1 N–H and O–H groups in total. The summed E-state index contributed by atoms with van der Waals surface area (Å²) < 4.78 is 5.42. The lowest BCUT2D eigenvalue weighted by atomic mass is 10.2. The number of rotatable bonds is 4. The van der Waals surface area contributed by atoms with Crippen LogP contribution in [0.2, 0.25) is 5.02 Å². The summed E-state index contributed by atoms with van der Waals surface area (Å²) in [7, 11) is 0. The minimum Gasteiger partial charge on any atom is -0.456 e. The van der Waals surface area contributed by atoms with Crippen LogP contribution in [0.3, 0.4) is 0 Å². The van der Waals surface area contributed by atoms with Crippen LogP contribution in [-0.4, -0.2) is 10.9 Å². The van der Waals surface area contributed by atoms with Gasteiger partial charge >= 0.3 is 0 Å². The molecule has 0 unspecified atom stereocenters. The summed E-state index contributed by atoms with van der Waals surface area (Å²) in [4.78, 5) is 16.5. The van der Waals surface area contributed by atoms with Crippen molar-refractivity contribution < 1.29 is 9.21 Å². The highest BCUT2D eigenvalue weighted by molar-refractivity contribution is 7.14. The SMILES string of the molecule is CCc1ccc(C(=O)Nc2nc(-c3cccc(Cl)c3)cs2)o1. The quantitative estimate of drug-likeness (QED) is 0.741. The molecule has 0 aliphatic carbocycles. The second-order valence-corrected chi connectivity index (χ2v) is 5.92. The first-order chi connectivity index (χ1) is 10.7. The molecule has 3 aromatic rings. The van der Waals surface area contributed by atoms with Gasteiger partial charge in [0.15, 0.2) is 10.9 Å². The van der Waals surface area contributed by atoms with Crippen molar-refractivity contribution in [2.24, 2.45) is 0 Å². The maximum absolute atomic E-state index is 12.1. The Morgan fingerprint density at radius 2 is 2.23 bits per heavy atom. The lowest BCUT2D eigenvalue weighted by Crippen LogP contribution is -2.10. The zero-order chi connectivity index (χ0) is 15.5. The van der Waals surface area contributed by atoms with Gasteiger partial charge < -0.3 is 4.42 Å². The third-order valence-electron chi connectivity index (χ3n) is 3.08. The monoisotopic (exact) mass is 332 g/mol. The summed E-state index contributed by atoms with van der Waals surface area (Å²) >= 11 is 7.33. The third kappa shape index (κ3) is 3.21. The second-order valence-electron chi connectivity index (χ2n) is 4.62. The standard InChI is InChI=1S/C16H13ClN2O2S/c1-2-12-6-7-14(21-12)15(20)19-16-18-13(9-22-16)10-4-3-5-11(17)8-10/h3-9H,2H2,1H3,(H,18,19,20). The minimum absolute atomic E-state index is 0.288. The van der Waals surface area contributed by atoms with Crippen LogP contribution in [0, 0.1) is 0 Å². The van der Waals surface area contributed by atoms with Crippen LogP contribution in [-0.2, 0) is 6.42 Å². The van der Waals surface area contributed by atoms with E-state index in [1.54, 1.807) is 12.1 Å². The molecule has 1 aromatic carbocycles. The first-order valence-corrected chi connectivity index (χ1v) is 8.03. The Labute approximate surface area is 136 Å². The molecule has 0 atom stereocenters. The molecule has 0 saturated carbocycles. The van der Waals surface area contributed by atoms with Crippen molar-refractivity contribution >= 4 is 34.0 Å². The molecule has 0 radical (unpaired) electrons. The normalized spacial score (nSPS) is 10.6. The number of furan rings is 1. The zero-order valence-corrected chi connectivity index (χ0v) is 13.4. The van der Waals surface area contributed by atoms with Gasteiger partial charge in [-0.25, -0.2) is 4.98 Å². The number of benzene rings is 1. The molecule has 6 heteroatoms. The van der Waals surface area contributed by atoms with Crippen molar-refractivity contribution in [3.05, 3.63) is 58.3 Å². The Bertz CT molecular complexity index is 810. The van der Waals surface area contributed by atoms with E-state index in [-0.39, 0.29) is 11.7 Å². The molecule has 3 rings (SSSR count). The molecule has 4 nitrogen and oxygen atoms in total. The Hall–Kier alpha value is -2.11. The summed E-state index contributed by atoms with van der Waals surface area (Å²) in [5, 5.41) is 5.79. The summed E-state index contributed by atoms with van der Waals surface area (Å²) in [5.74, 6) is 0.770. The molecular formula is C16H13ClN2O2S. The molecule has 0 aliphatic heterocycles. The van der Waals surface area contributed by atoms with Crippen LogP contribution >= 0.6 is 22.9 Å². The molecule has 2 aromatic heterocycles. The number of nitrogens with one attached hydrogen (secondary N) is 1. The third-order valence-corrected chi connectivity index (χ3v) is 4.07. The molecule has 2 heterocycles. The van der Waals surface area contributed by atoms with Gasteiger partial charge in [0.2, 0.25) is 0 Å². The van der Waals surface area contributed by atoms with E-state index in [1.807, 2.05) is 36.6 Å². The smallest absolute Gasteiger partial charge is 0.293 e. The van der Waals surface area contributed by atoms with Crippen molar-refractivity contribution in [2.45, 2.75) is 13.3 Å². The maximum atomic E-state index is 12.1. The number of hydrogen-bond acceptors (Lipinski definition) is 4. The Morgan fingerprint density at radius 1 is 1.36 bits per heavy atom. The van der Waals surface area contributed by atoms with Gasteiger partial charge in [-0.05, 0) is 24.3 Å². The number of hydrogen-bond donors (Lipinski definition) is 1. The summed E-state index contributed by atoms with van der Waals surface area (Å²) in [5.41, 5.74) is 1.69. The number of aromatic nitrogens is 1. The number of carbonyl (C=O) groups is 1. The topological polar surface area (TPSA) is 55.1 Å². The largest absolute Gasteiger partial charge is 0.456 e. The fraction of sp³-hybridized carbons (Fsp3) is 0.125. The predicted octanol–water partition coefficient (Wildman–Crippen LogP) is 4.87. The number of aryl methyl sites for hydroxylation is 1. The van der Waals surface area contributed by atoms with Gasteiger partial charge in [0, 0.05) is 22.4 Å². The van der Waals surface area contributed by atoms with Gasteiger partial charge in [0.25, 0.3) is 5.91 Å². The van der Waals surface area contributed by atoms with E-state index in [1.165, 1.54) is 11.3 Å². The van der Waals surface area contributed by atoms with E-state index in [9.17, 15) is 4.79 Å². The molecule has 0 aliphatic rings. The van der Waals surface area contributed by atoms with Crippen molar-refractivity contribution in [2.75, 3.05) is 5.32 Å². The lowest BCUT2D eigenvalue weighted by Gasteiger charge is -1.99. The number of anilines is 1. The number of halogens is 1. The van der Waals surface area contributed by atoms with Crippen molar-refractivity contribution in [1.82, 2.24) is 4.98 Å². The van der Waals surface area contributed by atoms with Crippen LogP contribution in [0.1, 0.15) is 23.2 Å². The van der Waals surface area contributed by atoms with Crippen LogP contribution in [0.25, 0.3) is 11.3 Å². The van der Waals surface area contributed by atoms with E-state index in [0.717, 1.165) is 23.4 Å². The predicted molar refractivity (Wildman–Crippen MR) is 88.6 cm³/mol. The Balaban J connectivity index is 1.75. The second kappa shape index (κ2) is 6.34. The van der Waals surface area contributed by atoms with Crippen LogP contribution in [0.5, 0.6) is 0 Å². The van der Waals surface area contributed by atoms with Gasteiger partial charge in [-0.15, -0.1) is 11.3 Å². The van der Waals surface area contributed by atoms with Gasteiger partial charge in [-0.3, -0.25) is 10.1 Å². The van der Waals surface area contributed by atoms with Crippen molar-refractivity contribution in [3.63, 3.8) is 0 Å². The highest BCUT2D eigenvalue weighted by Gasteiger charge is 2.13. The number of carbonyl (C=O) groups excluding carboxylic acids is 1. The van der Waals surface area contributed by atoms with Gasteiger partial charge in [-0.1, -0.05) is 30.7 Å². The number of amides is 1. The maximum Gasteiger partial charge on any atom is 0.293 e. The number of nitrogens with zero attached hydrogens (tertiary/aromatic N) is 1. The van der Waals surface area contributed by atoms with Crippen molar-refractivity contribution in [1.29, 1.82) is 0 Å². The fourth-order valence-corrected chi connectivity index (χ4v) is 2.87. The average Bonchev–Trinajstić information content (AvgIpc) is 3.16. The highest BCUT2D eigenvalue weighted by atomic mass is 35.5. The minimum atomic E-state index is -0.299. The van der Waals surface area contributed by atoms with Gasteiger partial charge in [0.1, 0.15) is 5.76 Å². The van der Waals surface area contributed by atoms with Crippen LogP contribution < -0.4 is 5.32 Å². The fourth-order valence-electron chi connectivity index (χ4n) is 1.96. The van der Waals surface area contributed by atoms with Gasteiger partial charge in [-0.2, -0.15) is 0 Å². The summed E-state index contributed by atoms with van der Waals surface area (Å²) in [6, 6.07) is 10.9. The van der Waals surface area contributed by atoms with Crippen LogP contribution in [0.4, 0.5) is 5.13 Å². The molecular weight excluding hydrogens is 320 g/mol. The van der Waals surface area contributed by atoms with E-state index in [4.69, 9.17) is 16.0 Å². The summed E-state index contributed by atoms with van der Waals surface area (Å²) in [6.45, 7) is 1.97. The highest BCUT2D eigenvalue weighted by Crippen LogP contribution is 2.27. The molecule has 0 bridgehead atoms. The van der Waals surface area contributed by atoms with Crippen molar-refractivity contribution in [3.8, 4) is 11.3 Å². The molecule has 0 fully saturated rings. The zero-order valence-electron chi connectivity index (χ0n) is 11.8. The molecule has 112 valence electrons. The molecule has 0 saturated heterocycles. The Morgan fingerprint density at radius 3 is 2.95 bits per heavy atom. The van der Waals surface area contributed by atoms with Crippen LogP contribution in [0.15, 0.2) is 46.2 Å². The summed E-state index contributed by atoms with van der Waals surface area (Å²) in [6.07, 6.45) is 0.753. The van der Waals surface area contributed by atoms with E-state index in [2.05, 4.69) is 10.3 Å². The van der Waals surface area contributed by atoms with Gasteiger partial charge in [0.05, 0.1) is 5.69 Å². The van der Waals surface area contributed by atoms with E-state index < -0.39 is 0 Å². The van der Waals surface area contributed by atoms with E-state index >= 15 is 0 Å². The average molecular weight is 333 g/mol. The lowest BCUT2D eigenvalue weighted by molar-refractivity contribution is 0.0995. The van der Waals surface area contributed by atoms with E-state index in [0.29, 0.717) is 10.2 Å². The molecule has 22 heavy (non-hydrogen) atoms. The molecule has 0 spiro atoms.